The molecule has 0 radical (unpaired) electrons. The zero-order valence-corrected chi connectivity index (χ0v) is 16.4. The third-order valence-electron chi connectivity index (χ3n) is 4.14. The number of rotatable bonds is 7. The van der Waals surface area contributed by atoms with Crippen LogP contribution in [0.15, 0.2) is 55.1 Å². The Morgan fingerprint density at radius 1 is 1.00 bits per heavy atom. The molecule has 0 atom stereocenters. The number of ether oxygens (including phenoxy) is 1. The van der Waals surface area contributed by atoms with E-state index in [1.54, 1.807) is 30.9 Å². The average Bonchev–Trinajstić information content (AvgIpc) is 3.03. The largest absolute Gasteiger partial charge is 0.361 e. The molecule has 26 heavy (non-hydrogen) atoms. The second-order valence-corrected chi connectivity index (χ2v) is 13.1. The van der Waals surface area contributed by atoms with Gasteiger partial charge in [-0.05, 0) is 42.4 Å². The van der Waals surface area contributed by atoms with E-state index in [9.17, 15) is 4.39 Å². The van der Waals surface area contributed by atoms with Crippen LogP contribution in [0, 0.1) is 5.82 Å². The van der Waals surface area contributed by atoms with Crippen molar-refractivity contribution in [2.75, 3.05) is 6.61 Å². The van der Waals surface area contributed by atoms with Crippen LogP contribution in [0.2, 0.25) is 25.7 Å². The molecule has 4 nitrogen and oxygen atoms in total. The summed E-state index contributed by atoms with van der Waals surface area (Å²) >= 11 is 0. The maximum atomic E-state index is 13.4. The molecule has 2 aromatic heterocycles. The molecule has 1 aromatic carbocycles. The lowest BCUT2D eigenvalue weighted by molar-refractivity contribution is 0.0882. The van der Waals surface area contributed by atoms with Crippen molar-refractivity contribution < 1.29 is 9.13 Å². The van der Waals surface area contributed by atoms with E-state index < -0.39 is 8.07 Å². The normalized spacial score (nSPS) is 11.7. The number of aromatic nitrogens is 3. The Bertz CT molecular complexity index is 842. The lowest BCUT2D eigenvalue weighted by Crippen LogP contribution is -2.22. The van der Waals surface area contributed by atoms with Crippen molar-refractivity contribution in [3.63, 3.8) is 0 Å². The molecule has 2 heterocycles. The van der Waals surface area contributed by atoms with Gasteiger partial charge in [0, 0.05) is 38.2 Å². The van der Waals surface area contributed by atoms with Crippen molar-refractivity contribution in [1.29, 1.82) is 0 Å². The van der Waals surface area contributed by atoms with Crippen molar-refractivity contribution in [3.05, 3.63) is 60.9 Å². The monoisotopic (exact) mass is 369 g/mol. The minimum atomic E-state index is -1.13. The molecule has 0 spiro atoms. The van der Waals surface area contributed by atoms with Gasteiger partial charge in [0.15, 0.2) is 0 Å². The molecule has 0 aliphatic carbocycles. The molecule has 0 aliphatic rings. The lowest BCUT2D eigenvalue weighted by atomic mass is 10.1. The van der Waals surface area contributed by atoms with Crippen LogP contribution in [0.3, 0.4) is 0 Å². The number of hydrogen-bond acceptors (Lipinski definition) is 3. The van der Waals surface area contributed by atoms with Gasteiger partial charge in [-0.15, -0.1) is 0 Å². The number of imidazole rings is 1. The minimum Gasteiger partial charge on any atom is -0.361 e. The Morgan fingerprint density at radius 2 is 1.69 bits per heavy atom. The first-order chi connectivity index (χ1) is 12.4. The highest BCUT2D eigenvalue weighted by atomic mass is 28.3. The quantitative estimate of drug-likeness (QED) is 0.431. The molecular weight excluding hydrogens is 345 g/mol. The predicted molar refractivity (Wildman–Crippen MR) is 105 cm³/mol. The van der Waals surface area contributed by atoms with E-state index in [0.717, 1.165) is 35.2 Å². The van der Waals surface area contributed by atoms with Gasteiger partial charge in [0.2, 0.25) is 0 Å². The van der Waals surface area contributed by atoms with E-state index in [1.807, 2.05) is 16.7 Å². The van der Waals surface area contributed by atoms with Crippen molar-refractivity contribution >= 4 is 8.07 Å². The SMILES string of the molecule is C[Si](C)(C)CCOCn1cnc(-c2ccncc2)c1-c1ccc(F)cc1. The minimum absolute atomic E-state index is 0.253. The molecule has 0 aliphatic heterocycles. The van der Waals surface area contributed by atoms with Crippen molar-refractivity contribution in [3.8, 4) is 22.5 Å². The third-order valence-corrected chi connectivity index (χ3v) is 5.84. The number of benzene rings is 1. The molecule has 0 saturated heterocycles. The van der Waals surface area contributed by atoms with E-state index in [1.165, 1.54) is 12.1 Å². The smallest absolute Gasteiger partial charge is 0.124 e. The Balaban J connectivity index is 1.89. The summed E-state index contributed by atoms with van der Waals surface area (Å²) in [7, 11) is -1.13. The first-order valence-electron chi connectivity index (χ1n) is 8.73. The van der Waals surface area contributed by atoms with Crippen LogP contribution >= 0.6 is 0 Å². The fraction of sp³-hybridized carbons (Fsp3) is 0.300. The molecule has 0 amide bonds. The zero-order chi connectivity index (χ0) is 18.6. The van der Waals surface area contributed by atoms with Crippen LogP contribution in [-0.4, -0.2) is 29.2 Å². The predicted octanol–water partition coefficient (Wildman–Crippen LogP) is 5.06. The first kappa shape index (κ1) is 18.5. The fourth-order valence-electron chi connectivity index (χ4n) is 2.65. The topological polar surface area (TPSA) is 39.9 Å². The molecule has 3 rings (SSSR count). The van der Waals surface area contributed by atoms with Gasteiger partial charge in [-0.2, -0.15) is 0 Å². The van der Waals surface area contributed by atoms with Gasteiger partial charge >= 0.3 is 0 Å². The maximum absolute atomic E-state index is 13.4. The third kappa shape index (κ3) is 4.65. The second kappa shape index (κ2) is 7.93. The van der Waals surface area contributed by atoms with Crippen LogP contribution in [0.4, 0.5) is 4.39 Å². The standard InChI is InChI=1S/C20H24FN3OSi/c1-26(2,3)13-12-25-15-24-14-23-19(16-8-10-22-11-9-16)20(24)17-4-6-18(21)7-5-17/h4-11,14H,12-13,15H2,1-3H3. The number of pyridine rings is 1. The van der Waals surface area contributed by atoms with E-state index in [2.05, 4.69) is 29.6 Å². The molecule has 3 aromatic rings. The highest BCUT2D eigenvalue weighted by Gasteiger charge is 2.16. The van der Waals surface area contributed by atoms with E-state index >= 15 is 0 Å². The summed E-state index contributed by atoms with van der Waals surface area (Å²) in [5.74, 6) is -0.253. The molecule has 0 bridgehead atoms. The van der Waals surface area contributed by atoms with Gasteiger partial charge in [-0.1, -0.05) is 19.6 Å². The maximum Gasteiger partial charge on any atom is 0.124 e. The number of halogens is 1. The Morgan fingerprint density at radius 3 is 2.35 bits per heavy atom. The van der Waals surface area contributed by atoms with Gasteiger partial charge < -0.3 is 9.30 Å². The zero-order valence-electron chi connectivity index (χ0n) is 15.4. The van der Waals surface area contributed by atoms with Crippen molar-refractivity contribution in [1.82, 2.24) is 14.5 Å². The molecule has 0 saturated carbocycles. The van der Waals surface area contributed by atoms with Crippen molar-refractivity contribution in [2.45, 2.75) is 32.4 Å². The number of hydrogen-bond donors (Lipinski definition) is 0. The van der Waals surface area contributed by atoms with Gasteiger partial charge in [0.1, 0.15) is 12.5 Å². The van der Waals surface area contributed by atoms with E-state index in [-0.39, 0.29) is 5.82 Å². The molecule has 0 N–H and O–H groups in total. The molecule has 0 fully saturated rings. The molecule has 6 heteroatoms. The summed E-state index contributed by atoms with van der Waals surface area (Å²) in [6.07, 6.45) is 5.27. The second-order valence-electron chi connectivity index (χ2n) is 7.50. The summed E-state index contributed by atoms with van der Waals surface area (Å²) in [5, 5.41) is 0. The summed E-state index contributed by atoms with van der Waals surface area (Å²) in [5.41, 5.74) is 3.64. The van der Waals surface area contributed by atoms with E-state index in [4.69, 9.17) is 4.74 Å². The average molecular weight is 370 g/mol. The van der Waals surface area contributed by atoms with Gasteiger partial charge in [-0.25, -0.2) is 9.37 Å². The van der Waals surface area contributed by atoms with Crippen LogP contribution < -0.4 is 0 Å². The number of nitrogens with zero attached hydrogens (tertiary/aromatic N) is 3. The summed E-state index contributed by atoms with van der Waals surface area (Å²) in [6, 6.07) is 11.4. The fourth-order valence-corrected chi connectivity index (χ4v) is 3.41. The summed E-state index contributed by atoms with van der Waals surface area (Å²) < 4.78 is 21.2. The summed E-state index contributed by atoms with van der Waals surface area (Å²) in [4.78, 5) is 8.65. The Kier molecular flexibility index (Phi) is 5.63. The van der Waals surface area contributed by atoms with Gasteiger partial charge in [0.05, 0.1) is 17.7 Å². The Hall–Kier alpha value is -2.31. The highest BCUT2D eigenvalue weighted by molar-refractivity contribution is 6.76. The van der Waals surface area contributed by atoms with Crippen LogP contribution in [0.25, 0.3) is 22.5 Å². The van der Waals surface area contributed by atoms with Crippen LogP contribution in [0.1, 0.15) is 0 Å². The highest BCUT2D eigenvalue weighted by Crippen LogP contribution is 2.31. The van der Waals surface area contributed by atoms with Crippen LogP contribution in [-0.2, 0) is 11.5 Å². The summed E-state index contributed by atoms with van der Waals surface area (Å²) in [6.45, 7) is 8.16. The van der Waals surface area contributed by atoms with E-state index in [0.29, 0.717) is 6.73 Å². The van der Waals surface area contributed by atoms with Gasteiger partial charge in [0.25, 0.3) is 0 Å². The Labute approximate surface area is 154 Å². The lowest BCUT2D eigenvalue weighted by Gasteiger charge is -2.16. The van der Waals surface area contributed by atoms with Crippen molar-refractivity contribution in [2.24, 2.45) is 0 Å². The van der Waals surface area contributed by atoms with Gasteiger partial charge in [-0.3, -0.25) is 4.98 Å². The molecule has 0 unspecified atom stereocenters. The first-order valence-corrected chi connectivity index (χ1v) is 12.4. The molecular formula is C20H24FN3OSi. The van der Waals surface area contributed by atoms with Crippen LogP contribution in [0.5, 0.6) is 0 Å². The molecule has 136 valence electrons.